The summed E-state index contributed by atoms with van der Waals surface area (Å²) in [6.07, 6.45) is 1.24. The first-order chi connectivity index (χ1) is 8.02. The van der Waals surface area contributed by atoms with Crippen molar-refractivity contribution in [2.75, 3.05) is 6.54 Å². The van der Waals surface area contributed by atoms with E-state index < -0.39 is 11.0 Å². The molecule has 0 aromatic carbocycles. The molecule has 0 bridgehead atoms. The molecule has 1 amide bonds. The van der Waals surface area contributed by atoms with E-state index in [4.69, 9.17) is 4.74 Å². The Labute approximate surface area is 110 Å². The Hall–Kier alpha value is -1.06. The fraction of sp³-hybridized carbons (Fsp3) is 0.857. The van der Waals surface area contributed by atoms with Crippen molar-refractivity contribution in [2.24, 2.45) is 5.41 Å². The number of ketones is 1. The van der Waals surface area contributed by atoms with Crippen LogP contribution >= 0.6 is 0 Å². The van der Waals surface area contributed by atoms with Gasteiger partial charge in [-0.05, 0) is 33.6 Å². The summed E-state index contributed by atoms with van der Waals surface area (Å²) in [6, 6.07) is -0.320. The van der Waals surface area contributed by atoms with Crippen LogP contribution in [0, 0.1) is 5.41 Å². The lowest BCUT2D eigenvalue weighted by molar-refractivity contribution is -0.130. The fourth-order valence-corrected chi connectivity index (χ4v) is 2.08. The average Bonchev–Trinajstić information content (AvgIpc) is 2.60. The minimum atomic E-state index is -0.519. The molecule has 4 heteroatoms. The van der Waals surface area contributed by atoms with Crippen LogP contribution in [0.3, 0.4) is 0 Å². The van der Waals surface area contributed by atoms with E-state index in [1.807, 2.05) is 41.5 Å². The fourth-order valence-electron chi connectivity index (χ4n) is 2.08. The molecule has 1 aliphatic rings. The predicted octanol–water partition coefficient (Wildman–Crippen LogP) is 3.00. The quantitative estimate of drug-likeness (QED) is 0.723. The van der Waals surface area contributed by atoms with Gasteiger partial charge in [-0.25, -0.2) is 4.79 Å². The average molecular weight is 255 g/mol. The van der Waals surface area contributed by atoms with Gasteiger partial charge in [0.1, 0.15) is 5.60 Å². The molecule has 1 atom stereocenters. The normalized spacial score (nSPS) is 21.0. The van der Waals surface area contributed by atoms with Gasteiger partial charge in [-0.15, -0.1) is 0 Å². The zero-order valence-electron chi connectivity index (χ0n) is 12.4. The summed E-state index contributed by atoms with van der Waals surface area (Å²) in [7, 11) is 0. The molecular weight excluding hydrogens is 230 g/mol. The third kappa shape index (κ3) is 3.72. The zero-order valence-corrected chi connectivity index (χ0v) is 12.4. The molecule has 104 valence electrons. The van der Waals surface area contributed by atoms with Crippen LogP contribution in [0.15, 0.2) is 0 Å². The summed E-state index contributed by atoms with van der Waals surface area (Å²) in [6.45, 7) is 11.8. The summed E-state index contributed by atoms with van der Waals surface area (Å²) in [5.41, 5.74) is -0.940. The van der Waals surface area contributed by atoms with Crippen molar-refractivity contribution in [1.29, 1.82) is 0 Å². The van der Waals surface area contributed by atoms with Gasteiger partial charge in [0.25, 0.3) is 0 Å². The van der Waals surface area contributed by atoms with Gasteiger partial charge in [0.05, 0.1) is 6.04 Å². The van der Waals surface area contributed by atoms with Crippen molar-refractivity contribution in [1.82, 2.24) is 4.90 Å². The first-order valence-corrected chi connectivity index (χ1v) is 6.56. The monoisotopic (exact) mass is 255 g/mol. The zero-order chi connectivity index (χ0) is 14.1. The molecule has 0 aliphatic carbocycles. The highest BCUT2D eigenvalue weighted by atomic mass is 16.6. The van der Waals surface area contributed by atoms with E-state index in [-0.39, 0.29) is 17.9 Å². The van der Waals surface area contributed by atoms with Crippen LogP contribution in [0.25, 0.3) is 0 Å². The number of amides is 1. The van der Waals surface area contributed by atoms with Crippen LogP contribution < -0.4 is 0 Å². The SMILES string of the molecule is CC(C)(C)OC(=O)N1CCC[C@@H]1C(=O)C(C)(C)C. The number of carbonyl (C=O) groups is 2. The summed E-state index contributed by atoms with van der Waals surface area (Å²) in [4.78, 5) is 25.9. The van der Waals surface area contributed by atoms with E-state index in [0.717, 1.165) is 12.8 Å². The van der Waals surface area contributed by atoms with Gasteiger partial charge in [-0.3, -0.25) is 9.69 Å². The van der Waals surface area contributed by atoms with E-state index in [2.05, 4.69) is 0 Å². The number of ether oxygens (including phenoxy) is 1. The number of rotatable bonds is 1. The summed E-state index contributed by atoms with van der Waals surface area (Å²) < 4.78 is 5.35. The van der Waals surface area contributed by atoms with E-state index in [1.165, 1.54) is 0 Å². The maximum atomic E-state index is 12.3. The third-order valence-corrected chi connectivity index (χ3v) is 2.92. The molecule has 0 aromatic heterocycles. The Bertz CT molecular complexity index is 336. The molecule has 0 saturated carbocycles. The van der Waals surface area contributed by atoms with Gasteiger partial charge in [0.15, 0.2) is 5.78 Å². The molecule has 0 N–H and O–H groups in total. The Balaban J connectivity index is 2.77. The molecule has 0 spiro atoms. The summed E-state index contributed by atoms with van der Waals surface area (Å²) in [5, 5.41) is 0. The standard InChI is InChI=1S/C14H25NO3/c1-13(2,3)11(16)10-8-7-9-15(10)12(17)18-14(4,5)6/h10H,7-9H2,1-6H3/t10-/m1/s1. The lowest BCUT2D eigenvalue weighted by atomic mass is 9.85. The first-order valence-electron chi connectivity index (χ1n) is 6.56. The molecule has 0 aromatic rings. The smallest absolute Gasteiger partial charge is 0.410 e. The van der Waals surface area contributed by atoms with Crippen molar-refractivity contribution in [3.05, 3.63) is 0 Å². The van der Waals surface area contributed by atoms with Crippen LogP contribution in [0.2, 0.25) is 0 Å². The number of hydrogen-bond donors (Lipinski definition) is 0. The first kappa shape index (κ1) is 15.0. The predicted molar refractivity (Wildman–Crippen MR) is 70.4 cm³/mol. The second-order valence-corrected chi connectivity index (χ2v) is 6.95. The van der Waals surface area contributed by atoms with Crippen molar-refractivity contribution < 1.29 is 14.3 Å². The highest BCUT2D eigenvalue weighted by Gasteiger charge is 2.40. The molecule has 0 unspecified atom stereocenters. The minimum Gasteiger partial charge on any atom is -0.444 e. The Kier molecular flexibility index (Phi) is 4.08. The lowest BCUT2D eigenvalue weighted by Gasteiger charge is -2.31. The van der Waals surface area contributed by atoms with Crippen LogP contribution in [0.1, 0.15) is 54.4 Å². The van der Waals surface area contributed by atoms with Crippen molar-refractivity contribution in [2.45, 2.75) is 66.0 Å². The molecule has 1 rings (SSSR count). The van der Waals surface area contributed by atoms with Crippen LogP contribution in [0.5, 0.6) is 0 Å². The number of likely N-dealkylation sites (tertiary alicyclic amines) is 1. The van der Waals surface area contributed by atoms with Crippen molar-refractivity contribution in [3.63, 3.8) is 0 Å². The highest BCUT2D eigenvalue weighted by molar-refractivity contribution is 5.91. The van der Waals surface area contributed by atoms with Gasteiger partial charge in [0, 0.05) is 12.0 Å². The third-order valence-electron chi connectivity index (χ3n) is 2.92. The Morgan fingerprint density at radius 3 is 2.11 bits per heavy atom. The molecule has 0 radical (unpaired) electrons. The van der Waals surface area contributed by atoms with Gasteiger partial charge in [-0.2, -0.15) is 0 Å². The molecule has 1 fully saturated rings. The summed E-state index contributed by atoms with van der Waals surface area (Å²) in [5.74, 6) is 0.117. The van der Waals surface area contributed by atoms with E-state index in [9.17, 15) is 9.59 Å². The van der Waals surface area contributed by atoms with Gasteiger partial charge >= 0.3 is 6.09 Å². The molecule has 4 nitrogen and oxygen atoms in total. The number of carbonyl (C=O) groups excluding carboxylic acids is 2. The molecule has 1 heterocycles. The maximum Gasteiger partial charge on any atom is 0.410 e. The molecular formula is C14H25NO3. The van der Waals surface area contributed by atoms with Gasteiger partial charge < -0.3 is 4.74 Å². The topological polar surface area (TPSA) is 46.6 Å². The van der Waals surface area contributed by atoms with E-state index in [1.54, 1.807) is 4.90 Å². The Morgan fingerprint density at radius 1 is 1.11 bits per heavy atom. The van der Waals surface area contributed by atoms with Crippen molar-refractivity contribution >= 4 is 11.9 Å². The molecule has 18 heavy (non-hydrogen) atoms. The van der Waals surface area contributed by atoms with Crippen LogP contribution in [-0.2, 0) is 9.53 Å². The summed E-state index contributed by atoms with van der Waals surface area (Å²) >= 11 is 0. The second-order valence-electron chi connectivity index (χ2n) is 6.95. The Morgan fingerprint density at radius 2 is 1.67 bits per heavy atom. The molecule has 1 aliphatic heterocycles. The highest BCUT2D eigenvalue weighted by Crippen LogP contribution is 2.27. The number of hydrogen-bond acceptors (Lipinski definition) is 3. The number of nitrogens with zero attached hydrogens (tertiary/aromatic N) is 1. The molecule has 1 saturated heterocycles. The van der Waals surface area contributed by atoms with Gasteiger partial charge in [-0.1, -0.05) is 20.8 Å². The number of Topliss-reactive ketones (excluding diaryl/α,β-unsaturated/α-hetero) is 1. The van der Waals surface area contributed by atoms with Gasteiger partial charge in [0.2, 0.25) is 0 Å². The maximum absolute atomic E-state index is 12.3. The minimum absolute atomic E-state index is 0.117. The largest absolute Gasteiger partial charge is 0.444 e. The van der Waals surface area contributed by atoms with Crippen molar-refractivity contribution in [3.8, 4) is 0 Å². The van der Waals surface area contributed by atoms with Crippen LogP contribution in [-0.4, -0.2) is 35.0 Å². The van der Waals surface area contributed by atoms with E-state index in [0.29, 0.717) is 6.54 Å². The van der Waals surface area contributed by atoms with E-state index >= 15 is 0 Å². The lowest BCUT2D eigenvalue weighted by Crippen LogP contribution is -2.46. The van der Waals surface area contributed by atoms with Crippen LogP contribution in [0.4, 0.5) is 4.79 Å². The second kappa shape index (κ2) is 4.90.